The molecule has 1 aromatic carbocycles. The summed E-state index contributed by atoms with van der Waals surface area (Å²) in [6.45, 7) is 0. The zero-order valence-corrected chi connectivity index (χ0v) is 11.6. The molecule has 0 bridgehead atoms. The van der Waals surface area contributed by atoms with E-state index in [0.29, 0.717) is 0 Å². The predicted octanol–water partition coefficient (Wildman–Crippen LogP) is 2.76. The van der Waals surface area contributed by atoms with E-state index < -0.39 is 34.8 Å². The number of aliphatic hydroxyl groups is 1. The van der Waals surface area contributed by atoms with Gasteiger partial charge in [0, 0.05) is 12.1 Å². The van der Waals surface area contributed by atoms with Gasteiger partial charge in [-0.15, -0.1) is 0 Å². The Kier molecular flexibility index (Phi) is 4.69. The molecule has 0 unspecified atom stereocenters. The Hall–Kier alpha value is -2.42. The number of ether oxygens (including phenoxy) is 1. The zero-order chi connectivity index (χ0) is 17.2. The van der Waals surface area contributed by atoms with Crippen LogP contribution in [-0.2, 0) is 4.74 Å². The van der Waals surface area contributed by atoms with E-state index >= 15 is 0 Å². The van der Waals surface area contributed by atoms with Crippen molar-refractivity contribution in [3.63, 3.8) is 0 Å². The van der Waals surface area contributed by atoms with Crippen molar-refractivity contribution in [3.05, 3.63) is 51.6 Å². The number of halogens is 3. The lowest BCUT2D eigenvalue weighted by atomic mass is 9.93. The van der Waals surface area contributed by atoms with E-state index in [4.69, 9.17) is 4.74 Å². The molecule has 1 aliphatic rings. The highest BCUT2D eigenvalue weighted by molar-refractivity contribution is 5.90. The molecule has 2 rings (SSSR count). The molecule has 0 saturated heterocycles. The van der Waals surface area contributed by atoms with Crippen LogP contribution in [0.25, 0.3) is 0 Å². The number of nitro benzene ring substituents is 1. The summed E-state index contributed by atoms with van der Waals surface area (Å²) in [5, 5.41) is 20.2. The Bertz CT molecular complexity index is 639. The fourth-order valence-corrected chi connectivity index (χ4v) is 2.21. The Morgan fingerprint density at radius 3 is 2.43 bits per heavy atom. The number of nitro groups is 1. The maximum atomic E-state index is 12.9. The second-order valence-electron chi connectivity index (χ2n) is 4.93. The van der Waals surface area contributed by atoms with Gasteiger partial charge in [0.15, 0.2) is 6.10 Å². The molecule has 2 atom stereocenters. The molecule has 0 fully saturated rings. The Balaban J connectivity index is 2.18. The van der Waals surface area contributed by atoms with Crippen molar-refractivity contribution in [2.24, 2.45) is 0 Å². The first-order valence-electron chi connectivity index (χ1n) is 6.61. The number of hydrogen-bond acceptors (Lipinski definition) is 5. The lowest BCUT2D eigenvalue weighted by molar-refractivity contribution is -0.384. The lowest BCUT2D eigenvalue weighted by Gasteiger charge is -2.30. The summed E-state index contributed by atoms with van der Waals surface area (Å²) in [5.41, 5.74) is -1.52. The van der Waals surface area contributed by atoms with Crippen molar-refractivity contribution in [2.75, 3.05) is 0 Å². The van der Waals surface area contributed by atoms with Crippen LogP contribution in [0, 0.1) is 10.1 Å². The largest absolute Gasteiger partial charge is 0.451 e. The molecule has 6 nitrogen and oxygen atoms in total. The van der Waals surface area contributed by atoms with Gasteiger partial charge in [0.25, 0.3) is 5.69 Å². The third-order valence-electron chi connectivity index (χ3n) is 3.36. The predicted molar refractivity (Wildman–Crippen MR) is 71.7 cm³/mol. The number of non-ortho nitro benzene ring substituents is 1. The summed E-state index contributed by atoms with van der Waals surface area (Å²) in [7, 11) is 0. The van der Waals surface area contributed by atoms with Crippen LogP contribution in [0.5, 0.6) is 0 Å². The fraction of sp³-hybridized carbons (Fsp3) is 0.357. The van der Waals surface area contributed by atoms with Crippen molar-refractivity contribution in [1.29, 1.82) is 0 Å². The molecule has 0 aliphatic heterocycles. The topological polar surface area (TPSA) is 89.7 Å². The maximum absolute atomic E-state index is 12.9. The molecule has 1 N–H and O–H groups in total. The zero-order valence-electron chi connectivity index (χ0n) is 11.6. The van der Waals surface area contributed by atoms with Gasteiger partial charge in [0.1, 0.15) is 0 Å². The summed E-state index contributed by atoms with van der Waals surface area (Å²) in [6, 6.07) is 4.22. The molecule has 124 valence electrons. The molecule has 0 heterocycles. The summed E-state index contributed by atoms with van der Waals surface area (Å²) >= 11 is 0. The van der Waals surface area contributed by atoms with Crippen molar-refractivity contribution >= 4 is 11.7 Å². The number of aliphatic hydroxyl groups excluding tert-OH is 1. The normalized spacial score (nSPS) is 21.5. The minimum absolute atomic E-state index is 0.0294. The van der Waals surface area contributed by atoms with E-state index in [1.54, 1.807) is 0 Å². The van der Waals surface area contributed by atoms with Crippen LogP contribution in [0.15, 0.2) is 35.9 Å². The van der Waals surface area contributed by atoms with Crippen LogP contribution in [0.4, 0.5) is 18.9 Å². The molecule has 1 aliphatic carbocycles. The maximum Gasteiger partial charge on any atom is 0.416 e. The van der Waals surface area contributed by atoms with Gasteiger partial charge >= 0.3 is 12.1 Å². The average Bonchev–Trinajstić information content (AvgIpc) is 2.48. The second-order valence-corrected chi connectivity index (χ2v) is 4.93. The smallest absolute Gasteiger partial charge is 0.416 e. The van der Waals surface area contributed by atoms with Gasteiger partial charge in [0.2, 0.25) is 0 Å². The minimum atomic E-state index is -4.72. The van der Waals surface area contributed by atoms with E-state index in [1.165, 1.54) is 0 Å². The number of rotatable bonds is 3. The second kappa shape index (κ2) is 6.37. The number of nitrogens with zero attached hydrogens (tertiary/aromatic N) is 1. The summed E-state index contributed by atoms with van der Waals surface area (Å²) < 4.78 is 43.5. The van der Waals surface area contributed by atoms with Crippen molar-refractivity contribution < 1.29 is 32.7 Å². The first kappa shape index (κ1) is 16.9. The van der Waals surface area contributed by atoms with Crippen LogP contribution in [-0.4, -0.2) is 34.4 Å². The summed E-state index contributed by atoms with van der Waals surface area (Å²) in [5.74, 6) is -1.10. The highest BCUT2D eigenvalue weighted by Crippen LogP contribution is 2.35. The molecule has 23 heavy (non-hydrogen) atoms. The summed E-state index contributed by atoms with van der Waals surface area (Å²) in [6.07, 6.45) is -7.04. The van der Waals surface area contributed by atoms with E-state index in [-0.39, 0.29) is 24.1 Å². The van der Waals surface area contributed by atoms with E-state index in [0.717, 1.165) is 30.3 Å². The third-order valence-corrected chi connectivity index (χ3v) is 3.36. The number of allylic oxidation sites excluding steroid dienone is 1. The number of alkyl halides is 3. The summed E-state index contributed by atoms with van der Waals surface area (Å²) in [4.78, 5) is 21.8. The van der Waals surface area contributed by atoms with Gasteiger partial charge in [-0.25, -0.2) is 4.79 Å². The fourth-order valence-electron chi connectivity index (χ4n) is 2.21. The van der Waals surface area contributed by atoms with E-state index in [1.807, 2.05) is 0 Å². The number of esters is 1. The van der Waals surface area contributed by atoms with Gasteiger partial charge in [-0.05, 0) is 25.0 Å². The van der Waals surface area contributed by atoms with Crippen molar-refractivity contribution in [2.45, 2.75) is 31.2 Å². The monoisotopic (exact) mass is 331 g/mol. The molecule has 0 aromatic heterocycles. The standard InChI is InChI=1S/C14H12F3NO5/c15-14(16,17)10-2-1-3-11(19)12(10)23-13(20)8-4-6-9(7-5-8)18(21)22/h2,4-7,11-12,19H,1,3H2/t11-,12-/m0/s1. The molecule has 1 aromatic rings. The average molecular weight is 331 g/mol. The molecular formula is C14H12F3NO5. The minimum Gasteiger partial charge on any atom is -0.451 e. The number of carbonyl (C=O) groups excluding carboxylic acids is 1. The SMILES string of the molecule is O=C(O[C@H]1C(C(F)(F)F)=CCC[C@@H]1O)c1ccc([N+](=O)[O-])cc1. The molecule has 0 radical (unpaired) electrons. The molecule has 9 heteroatoms. The van der Waals surface area contributed by atoms with Gasteiger partial charge in [-0.3, -0.25) is 10.1 Å². The van der Waals surface area contributed by atoms with E-state index in [2.05, 4.69) is 0 Å². The van der Waals surface area contributed by atoms with Gasteiger partial charge in [-0.1, -0.05) is 6.08 Å². The number of benzene rings is 1. The Morgan fingerprint density at radius 1 is 1.30 bits per heavy atom. The molecule has 0 spiro atoms. The quantitative estimate of drug-likeness (QED) is 0.398. The molecule has 0 amide bonds. The van der Waals surface area contributed by atoms with Crippen LogP contribution < -0.4 is 0 Å². The van der Waals surface area contributed by atoms with Crippen molar-refractivity contribution in [1.82, 2.24) is 0 Å². The van der Waals surface area contributed by atoms with Crippen LogP contribution >= 0.6 is 0 Å². The number of carbonyl (C=O) groups is 1. The van der Waals surface area contributed by atoms with Gasteiger partial charge in [-0.2, -0.15) is 13.2 Å². The Labute approximate surface area is 128 Å². The molecular weight excluding hydrogens is 319 g/mol. The van der Waals surface area contributed by atoms with Crippen LogP contribution in [0.3, 0.4) is 0 Å². The third kappa shape index (κ3) is 3.86. The van der Waals surface area contributed by atoms with Crippen LogP contribution in [0.2, 0.25) is 0 Å². The molecule has 0 saturated carbocycles. The van der Waals surface area contributed by atoms with Crippen molar-refractivity contribution in [3.8, 4) is 0 Å². The van der Waals surface area contributed by atoms with Gasteiger partial charge < -0.3 is 9.84 Å². The first-order chi connectivity index (χ1) is 10.7. The highest BCUT2D eigenvalue weighted by Gasteiger charge is 2.45. The van der Waals surface area contributed by atoms with Gasteiger partial charge in [0.05, 0.1) is 22.2 Å². The lowest BCUT2D eigenvalue weighted by Crippen LogP contribution is -2.40. The Morgan fingerprint density at radius 2 is 1.91 bits per heavy atom. The first-order valence-corrected chi connectivity index (χ1v) is 6.61. The highest BCUT2D eigenvalue weighted by atomic mass is 19.4. The van der Waals surface area contributed by atoms with E-state index in [9.17, 15) is 33.2 Å². The number of hydrogen-bond donors (Lipinski definition) is 1. The van der Waals surface area contributed by atoms with Crippen LogP contribution in [0.1, 0.15) is 23.2 Å².